The minimum absolute atomic E-state index is 0.0601. The molecule has 3 rings (SSSR count). The molecule has 1 saturated heterocycles. The van der Waals surface area contributed by atoms with Gasteiger partial charge in [0.2, 0.25) is 5.91 Å². The molecule has 2 aliphatic heterocycles. The number of benzene rings is 1. The van der Waals surface area contributed by atoms with Crippen molar-refractivity contribution < 1.29 is 14.3 Å². The number of amides is 1. The fourth-order valence-corrected chi connectivity index (χ4v) is 2.43. The molecule has 5 heteroatoms. The lowest BCUT2D eigenvalue weighted by Crippen LogP contribution is -2.43. The molecule has 1 N–H and O–H groups in total. The van der Waals surface area contributed by atoms with Crippen LogP contribution in [-0.2, 0) is 20.9 Å². The van der Waals surface area contributed by atoms with Crippen molar-refractivity contribution in [2.45, 2.75) is 19.0 Å². The topological polar surface area (TPSA) is 58.6 Å². The summed E-state index contributed by atoms with van der Waals surface area (Å²) in [4.78, 5) is 25.3. The maximum Gasteiger partial charge on any atom is 0.329 e. The summed E-state index contributed by atoms with van der Waals surface area (Å²) >= 11 is 0. The first kappa shape index (κ1) is 11.1. The highest BCUT2D eigenvalue weighted by Crippen LogP contribution is 2.24. The lowest BCUT2D eigenvalue weighted by atomic mass is 10.1. The van der Waals surface area contributed by atoms with Gasteiger partial charge in [0, 0.05) is 18.7 Å². The summed E-state index contributed by atoms with van der Waals surface area (Å²) < 4.78 is 4.94. The van der Waals surface area contributed by atoms with Gasteiger partial charge in [-0.2, -0.15) is 0 Å². The second-order valence-electron chi connectivity index (χ2n) is 4.50. The van der Waals surface area contributed by atoms with Gasteiger partial charge in [0.05, 0.1) is 13.2 Å². The number of carbonyl (C=O) groups excluding carboxylic acids is 2. The van der Waals surface area contributed by atoms with E-state index < -0.39 is 6.04 Å². The van der Waals surface area contributed by atoms with Crippen LogP contribution in [0.3, 0.4) is 0 Å². The van der Waals surface area contributed by atoms with E-state index in [1.54, 1.807) is 4.90 Å². The molecule has 1 amide bonds. The van der Waals surface area contributed by atoms with Gasteiger partial charge in [0.25, 0.3) is 0 Å². The number of para-hydroxylation sites is 1. The van der Waals surface area contributed by atoms with Crippen molar-refractivity contribution in [3.8, 4) is 0 Å². The third-order valence-corrected chi connectivity index (χ3v) is 3.39. The maximum atomic E-state index is 12.1. The highest BCUT2D eigenvalue weighted by Gasteiger charge is 2.36. The van der Waals surface area contributed by atoms with Crippen LogP contribution >= 0.6 is 0 Å². The van der Waals surface area contributed by atoms with Crippen molar-refractivity contribution in [1.82, 2.24) is 4.90 Å². The predicted molar refractivity (Wildman–Crippen MR) is 64.8 cm³/mol. The molecule has 18 heavy (non-hydrogen) atoms. The molecule has 5 nitrogen and oxygen atoms in total. The van der Waals surface area contributed by atoms with Crippen LogP contribution in [0.25, 0.3) is 0 Å². The van der Waals surface area contributed by atoms with E-state index in [9.17, 15) is 9.59 Å². The van der Waals surface area contributed by atoms with E-state index in [4.69, 9.17) is 4.74 Å². The van der Waals surface area contributed by atoms with Crippen molar-refractivity contribution in [3.63, 3.8) is 0 Å². The number of cyclic esters (lactones) is 1. The van der Waals surface area contributed by atoms with Gasteiger partial charge in [0.15, 0.2) is 0 Å². The number of esters is 1. The molecule has 0 saturated carbocycles. The molecule has 1 aromatic carbocycles. The first-order valence-electron chi connectivity index (χ1n) is 6.03. The molecule has 0 aliphatic carbocycles. The summed E-state index contributed by atoms with van der Waals surface area (Å²) in [5.74, 6) is -0.349. The Balaban J connectivity index is 1.90. The molecule has 1 atom stereocenters. The maximum absolute atomic E-state index is 12.1. The van der Waals surface area contributed by atoms with Gasteiger partial charge in [-0.25, -0.2) is 4.79 Å². The Hall–Kier alpha value is -2.04. The highest BCUT2D eigenvalue weighted by atomic mass is 16.5. The Kier molecular flexibility index (Phi) is 2.66. The fraction of sp³-hybridized carbons (Fsp3) is 0.385. The van der Waals surface area contributed by atoms with E-state index in [1.165, 1.54) is 0 Å². The number of nitrogens with one attached hydrogen (secondary N) is 1. The predicted octanol–water partition coefficient (Wildman–Crippen LogP) is 0.756. The van der Waals surface area contributed by atoms with E-state index in [1.807, 2.05) is 24.3 Å². The first-order chi connectivity index (χ1) is 8.75. The molecule has 0 radical (unpaired) electrons. The lowest BCUT2D eigenvalue weighted by molar-refractivity contribution is -0.147. The van der Waals surface area contributed by atoms with E-state index in [2.05, 4.69) is 5.32 Å². The highest BCUT2D eigenvalue weighted by molar-refractivity contribution is 5.88. The van der Waals surface area contributed by atoms with Crippen molar-refractivity contribution in [2.24, 2.45) is 0 Å². The molecule has 1 fully saturated rings. The number of carbonyl (C=O) groups is 2. The third-order valence-electron chi connectivity index (χ3n) is 3.39. The summed E-state index contributed by atoms with van der Waals surface area (Å²) in [7, 11) is 0. The first-order valence-corrected chi connectivity index (χ1v) is 6.03. The number of rotatable bonds is 1. The van der Waals surface area contributed by atoms with Gasteiger partial charge >= 0.3 is 5.97 Å². The largest absolute Gasteiger partial charge is 0.464 e. The number of fused-ring (bicyclic) bond motifs is 1. The van der Waals surface area contributed by atoms with Crippen LogP contribution < -0.4 is 5.32 Å². The molecule has 2 heterocycles. The van der Waals surface area contributed by atoms with Crippen molar-refractivity contribution in [3.05, 3.63) is 29.8 Å². The average molecular weight is 246 g/mol. The lowest BCUT2D eigenvalue weighted by Gasteiger charge is -2.24. The van der Waals surface area contributed by atoms with Gasteiger partial charge in [0.1, 0.15) is 6.04 Å². The summed E-state index contributed by atoms with van der Waals surface area (Å²) in [6.45, 7) is 1.09. The zero-order chi connectivity index (χ0) is 12.5. The standard InChI is InChI=1S/C13H14N2O3/c16-12-7-14-10-4-2-1-3-9(10)8-15(12)11-5-6-18-13(11)17/h1-4,11,14H,5-8H2. The van der Waals surface area contributed by atoms with Gasteiger partial charge in [-0.15, -0.1) is 0 Å². The van der Waals surface area contributed by atoms with Crippen LogP contribution in [0.15, 0.2) is 24.3 Å². The molecule has 2 aliphatic rings. The van der Waals surface area contributed by atoms with Crippen LogP contribution in [0.5, 0.6) is 0 Å². The number of hydrogen-bond donors (Lipinski definition) is 1. The summed E-state index contributed by atoms with van der Waals surface area (Å²) in [5.41, 5.74) is 1.99. The van der Waals surface area contributed by atoms with E-state index in [0.717, 1.165) is 11.3 Å². The normalized spacial score (nSPS) is 23.1. The Morgan fingerprint density at radius 2 is 2.11 bits per heavy atom. The SMILES string of the molecule is O=C1OCCC1N1Cc2ccccc2NCC1=O. The van der Waals surface area contributed by atoms with Crippen LogP contribution in [0.2, 0.25) is 0 Å². The van der Waals surface area contributed by atoms with Gasteiger partial charge in [-0.05, 0) is 11.6 Å². The number of ether oxygens (including phenoxy) is 1. The molecule has 0 bridgehead atoms. The smallest absolute Gasteiger partial charge is 0.329 e. The second-order valence-corrected chi connectivity index (χ2v) is 4.50. The molecular formula is C13H14N2O3. The minimum atomic E-state index is -0.426. The zero-order valence-electron chi connectivity index (χ0n) is 9.89. The molecule has 94 valence electrons. The molecule has 0 aromatic heterocycles. The Labute approximate surface area is 105 Å². The number of anilines is 1. The van der Waals surface area contributed by atoms with Crippen LogP contribution in [0, 0.1) is 0 Å². The van der Waals surface area contributed by atoms with Crippen LogP contribution in [0.4, 0.5) is 5.69 Å². The fourth-order valence-electron chi connectivity index (χ4n) is 2.43. The number of nitrogens with zero attached hydrogens (tertiary/aromatic N) is 1. The zero-order valence-corrected chi connectivity index (χ0v) is 9.89. The van der Waals surface area contributed by atoms with E-state index in [0.29, 0.717) is 19.6 Å². The van der Waals surface area contributed by atoms with Gasteiger partial charge in [-0.3, -0.25) is 4.79 Å². The van der Waals surface area contributed by atoms with Crippen LogP contribution in [-0.4, -0.2) is 36.0 Å². The summed E-state index contributed by atoms with van der Waals surface area (Å²) in [6.07, 6.45) is 0.590. The Morgan fingerprint density at radius 1 is 1.28 bits per heavy atom. The monoisotopic (exact) mass is 246 g/mol. The molecule has 0 spiro atoms. The van der Waals surface area contributed by atoms with Gasteiger partial charge < -0.3 is 15.0 Å². The van der Waals surface area contributed by atoms with Crippen molar-refractivity contribution in [2.75, 3.05) is 18.5 Å². The summed E-state index contributed by atoms with van der Waals surface area (Å²) in [5, 5.41) is 3.10. The van der Waals surface area contributed by atoms with E-state index in [-0.39, 0.29) is 18.4 Å². The Morgan fingerprint density at radius 3 is 2.89 bits per heavy atom. The molecular weight excluding hydrogens is 232 g/mol. The third kappa shape index (κ3) is 1.81. The van der Waals surface area contributed by atoms with Crippen molar-refractivity contribution in [1.29, 1.82) is 0 Å². The molecule has 1 unspecified atom stereocenters. The molecule has 1 aromatic rings. The van der Waals surface area contributed by atoms with E-state index >= 15 is 0 Å². The number of hydrogen-bond acceptors (Lipinski definition) is 4. The summed E-state index contributed by atoms with van der Waals surface area (Å²) in [6, 6.07) is 7.34. The quantitative estimate of drug-likeness (QED) is 0.743. The van der Waals surface area contributed by atoms with Crippen LogP contribution in [0.1, 0.15) is 12.0 Å². The second kappa shape index (κ2) is 4.33. The Bertz CT molecular complexity index is 501. The van der Waals surface area contributed by atoms with Crippen molar-refractivity contribution >= 4 is 17.6 Å². The van der Waals surface area contributed by atoms with Gasteiger partial charge in [-0.1, -0.05) is 18.2 Å². The average Bonchev–Trinajstić information content (AvgIpc) is 2.72. The minimum Gasteiger partial charge on any atom is -0.464 e.